The first-order valence-electron chi connectivity index (χ1n) is 9.28. The molecule has 9 heteroatoms. The number of aromatic nitrogens is 1. The summed E-state index contributed by atoms with van der Waals surface area (Å²) in [6, 6.07) is 14.8. The van der Waals surface area contributed by atoms with E-state index in [1.807, 2.05) is 35.7 Å². The zero-order chi connectivity index (χ0) is 21.8. The molecule has 4 aromatic rings. The number of ether oxygens (including phenoxy) is 1. The fourth-order valence-corrected chi connectivity index (χ4v) is 3.84. The van der Waals surface area contributed by atoms with Gasteiger partial charge in [0, 0.05) is 10.9 Å². The summed E-state index contributed by atoms with van der Waals surface area (Å²) in [4.78, 5) is 15.4. The lowest BCUT2D eigenvalue weighted by atomic mass is 10.1. The molecule has 8 nitrogen and oxygen atoms in total. The van der Waals surface area contributed by atoms with Gasteiger partial charge in [-0.1, -0.05) is 24.3 Å². The predicted octanol–water partition coefficient (Wildman–Crippen LogP) is 4.85. The number of rotatable bonds is 7. The highest BCUT2D eigenvalue weighted by atomic mass is 32.1. The van der Waals surface area contributed by atoms with Crippen molar-refractivity contribution in [1.29, 1.82) is 0 Å². The molecule has 0 aliphatic rings. The second kappa shape index (κ2) is 8.80. The van der Waals surface area contributed by atoms with Gasteiger partial charge in [0.25, 0.3) is 0 Å². The molecular formula is C22H18N4O4S. The maximum Gasteiger partial charge on any atom is 0.433 e. The van der Waals surface area contributed by atoms with Gasteiger partial charge in [0.1, 0.15) is 10.7 Å². The third kappa shape index (κ3) is 4.31. The van der Waals surface area contributed by atoms with Crippen LogP contribution < -0.4 is 9.54 Å². The quantitative estimate of drug-likeness (QED) is 0.180. The summed E-state index contributed by atoms with van der Waals surface area (Å²) in [5.41, 5.74) is 1.79. The summed E-state index contributed by atoms with van der Waals surface area (Å²) >= 11 is 1.44. The minimum absolute atomic E-state index is 0.275. The Labute approximate surface area is 181 Å². The van der Waals surface area contributed by atoms with Crippen LogP contribution in [0.3, 0.4) is 0 Å². The fraction of sp³-hybridized carbons (Fsp3) is 0.0909. The number of hydrogen-bond donors (Lipinski definition) is 0. The molecule has 0 bridgehead atoms. The van der Waals surface area contributed by atoms with Gasteiger partial charge in [0.05, 0.1) is 31.6 Å². The van der Waals surface area contributed by atoms with Crippen molar-refractivity contribution in [3.05, 3.63) is 87.2 Å². The predicted molar refractivity (Wildman–Crippen MR) is 121 cm³/mol. The van der Waals surface area contributed by atoms with Crippen LogP contribution in [0.4, 0.5) is 5.88 Å². The highest BCUT2D eigenvalue weighted by Crippen LogP contribution is 2.27. The second-order valence-corrected chi connectivity index (χ2v) is 7.29. The topological polar surface area (TPSA) is 95.2 Å². The van der Waals surface area contributed by atoms with Gasteiger partial charge < -0.3 is 9.15 Å². The SMILES string of the molecule is C=CCN=c1scc(-c2ccc3cc(OC)ccc3c2)n1N=Cc1ccc([N+](=O)[O-])o1. The van der Waals surface area contributed by atoms with Crippen LogP contribution in [0.15, 0.2) is 81.1 Å². The zero-order valence-electron chi connectivity index (χ0n) is 16.6. The number of thiazole rings is 1. The van der Waals surface area contributed by atoms with Gasteiger partial charge in [-0.05, 0) is 35.0 Å². The summed E-state index contributed by atoms with van der Waals surface area (Å²) in [6.07, 6.45) is 3.13. The molecule has 2 heterocycles. The first kappa shape index (κ1) is 20.3. The Morgan fingerprint density at radius 3 is 2.77 bits per heavy atom. The molecule has 2 aromatic heterocycles. The fourth-order valence-electron chi connectivity index (χ4n) is 2.99. The number of benzene rings is 2. The first-order chi connectivity index (χ1) is 15.1. The van der Waals surface area contributed by atoms with Crippen LogP contribution in [0.1, 0.15) is 5.76 Å². The number of fused-ring (bicyclic) bond motifs is 1. The summed E-state index contributed by atoms with van der Waals surface area (Å²) in [6.45, 7) is 4.15. The molecule has 4 rings (SSSR count). The van der Waals surface area contributed by atoms with Crippen LogP contribution in [-0.4, -0.2) is 29.5 Å². The van der Waals surface area contributed by atoms with E-state index in [2.05, 4.69) is 22.7 Å². The first-order valence-corrected chi connectivity index (χ1v) is 10.2. The van der Waals surface area contributed by atoms with Crippen molar-refractivity contribution in [2.75, 3.05) is 13.7 Å². The van der Waals surface area contributed by atoms with E-state index in [9.17, 15) is 10.1 Å². The molecule has 31 heavy (non-hydrogen) atoms. The van der Waals surface area contributed by atoms with E-state index in [1.165, 1.54) is 29.7 Å². The lowest BCUT2D eigenvalue weighted by molar-refractivity contribution is -0.402. The summed E-state index contributed by atoms with van der Waals surface area (Å²) in [5, 5.41) is 19.4. The number of nitro groups is 1. The molecular weight excluding hydrogens is 416 g/mol. The van der Waals surface area contributed by atoms with Gasteiger partial charge in [-0.25, -0.2) is 4.68 Å². The minimum Gasteiger partial charge on any atom is -0.497 e. The molecule has 2 aromatic carbocycles. The highest BCUT2D eigenvalue weighted by Gasteiger charge is 2.12. The van der Waals surface area contributed by atoms with Gasteiger partial charge in [-0.15, -0.1) is 17.9 Å². The molecule has 0 fully saturated rings. The van der Waals surface area contributed by atoms with Crippen molar-refractivity contribution in [3.8, 4) is 17.0 Å². The van der Waals surface area contributed by atoms with Gasteiger partial charge in [0.2, 0.25) is 4.80 Å². The Balaban J connectivity index is 1.78. The van der Waals surface area contributed by atoms with Crippen LogP contribution in [0.25, 0.3) is 22.0 Å². The summed E-state index contributed by atoms with van der Waals surface area (Å²) < 4.78 is 12.2. The third-order valence-electron chi connectivity index (χ3n) is 4.48. The van der Waals surface area contributed by atoms with E-state index in [0.717, 1.165) is 27.8 Å². The van der Waals surface area contributed by atoms with Crippen LogP contribution in [0, 0.1) is 10.1 Å². The Morgan fingerprint density at radius 1 is 1.23 bits per heavy atom. The Morgan fingerprint density at radius 2 is 2.03 bits per heavy atom. The van der Waals surface area contributed by atoms with Crippen LogP contribution in [0.5, 0.6) is 5.75 Å². The number of methoxy groups -OCH3 is 1. The standard InChI is InChI=1S/C22H18N4O4S/c1-3-10-23-22-25(24-13-19-8-9-21(30-19)26(27)28)20(14-31-22)17-5-4-16-12-18(29-2)7-6-15(16)11-17/h3-9,11-14H,1,10H2,2H3. The second-order valence-electron chi connectivity index (χ2n) is 6.45. The Kier molecular flexibility index (Phi) is 5.76. The van der Waals surface area contributed by atoms with Crippen molar-refractivity contribution in [1.82, 2.24) is 4.68 Å². The maximum atomic E-state index is 10.8. The molecule has 0 aliphatic carbocycles. The lowest BCUT2D eigenvalue weighted by Crippen LogP contribution is -2.12. The van der Waals surface area contributed by atoms with Gasteiger partial charge in [-0.3, -0.25) is 15.1 Å². The minimum atomic E-state index is -0.588. The molecule has 156 valence electrons. The molecule has 0 atom stereocenters. The number of nitrogens with zero attached hydrogens (tertiary/aromatic N) is 4. The van der Waals surface area contributed by atoms with E-state index >= 15 is 0 Å². The van der Waals surface area contributed by atoms with E-state index in [0.29, 0.717) is 11.3 Å². The molecule has 0 spiro atoms. The van der Waals surface area contributed by atoms with Crippen molar-refractivity contribution < 1.29 is 14.1 Å². The van der Waals surface area contributed by atoms with Crippen LogP contribution in [-0.2, 0) is 0 Å². The average Bonchev–Trinajstić information content (AvgIpc) is 3.42. The molecule has 0 saturated carbocycles. The van der Waals surface area contributed by atoms with Crippen molar-refractivity contribution >= 4 is 34.2 Å². The van der Waals surface area contributed by atoms with Gasteiger partial charge >= 0.3 is 5.88 Å². The Hall–Kier alpha value is -3.98. The largest absolute Gasteiger partial charge is 0.497 e. The molecule has 0 radical (unpaired) electrons. The smallest absolute Gasteiger partial charge is 0.433 e. The monoisotopic (exact) mass is 434 g/mol. The van der Waals surface area contributed by atoms with Crippen LogP contribution >= 0.6 is 11.3 Å². The summed E-state index contributed by atoms with van der Waals surface area (Å²) in [7, 11) is 1.64. The van der Waals surface area contributed by atoms with Crippen molar-refractivity contribution in [2.45, 2.75) is 0 Å². The lowest BCUT2D eigenvalue weighted by Gasteiger charge is -2.07. The molecule has 0 aliphatic heterocycles. The maximum absolute atomic E-state index is 10.8. The van der Waals surface area contributed by atoms with E-state index in [-0.39, 0.29) is 11.6 Å². The molecule has 0 amide bonds. The van der Waals surface area contributed by atoms with Crippen LogP contribution in [0.2, 0.25) is 0 Å². The van der Waals surface area contributed by atoms with Crippen molar-refractivity contribution in [2.24, 2.45) is 10.1 Å². The van der Waals surface area contributed by atoms with E-state index in [4.69, 9.17) is 9.15 Å². The Bertz CT molecular complexity index is 1360. The van der Waals surface area contributed by atoms with Gasteiger partial charge in [-0.2, -0.15) is 5.10 Å². The highest BCUT2D eigenvalue weighted by molar-refractivity contribution is 7.07. The number of furan rings is 1. The zero-order valence-corrected chi connectivity index (χ0v) is 17.4. The summed E-state index contributed by atoms with van der Waals surface area (Å²) in [5.74, 6) is 0.739. The average molecular weight is 434 g/mol. The molecule has 0 unspecified atom stereocenters. The number of hydrogen-bond acceptors (Lipinski definition) is 7. The van der Waals surface area contributed by atoms with E-state index < -0.39 is 4.92 Å². The van der Waals surface area contributed by atoms with E-state index in [1.54, 1.807) is 17.9 Å². The molecule has 0 saturated heterocycles. The van der Waals surface area contributed by atoms with Gasteiger partial charge in [0.15, 0.2) is 5.76 Å². The van der Waals surface area contributed by atoms with Crippen molar-refractivity contribution in [3.63, 3.8) is 0 Å². The normalized spacial score (nSPS) is 12.0. The molecule has 0 N–H and O–H groups in total. The third-order valence-corrected chi connectivity index (χ3v) is 5.33.